The molecular weight excluding hydrogens is 220 g/mol. The van der Waals surface area contributed by atoms with E-state index in [1.54, 1.807) is 6.20 Å². The Morgan fingerprint density at radius 3 is 2.82 bits per heavy atom. The Kier molecular flexibility index (Phi) is 3.63. The first-order valence-electron chi connectivity index (χ1n) is 5.83. The van der Waals surface area contributed by atoms with Gasteiger partial charge in [-0.15, -0.1) is 0 Å². The van der Waals surface area contributed by atoms with Crippen LogP contribution in [-0.2, 0) is 13.6 Å². The number of nitrogens with one attached hydrogen (secondary N) is 1. The van der Waals surface area contributed by atoms with Gasteiger partial charge in [-0.3, -0.25) is 4.90 Å². The average Bonchev–Trinajstić information content (AvgIpc) is 2.67. The van der Waals surface area contributed by atoms with Gasteiger partial charge in [0.05, 0.1) is 6.54 Å². The van der Waals surface area contributed by atoms with Crippen molar-refractivity contribution < 1.29 is 9.90 Å². The molecule has 2 rings (SSSR count). The van der Waals surface area contributed by atoms with Gasteiger partial charge in [0.15, 0.2) is 0 Å². The maximum absolute atomic E-state index is 10.5. The van der Waals surface area contributed by atoms with Crippen LogP contribution in [0.3, 0.4) is 0 Å². The van der Waals surface area contributed by atoms with Gasteiger partial charge in [0, 0.05) is 38.6 Å². The first-order chi connectivity index (χ1) is 8.15. The number of carboxylic acid groups (broad SMARTS) is 1. The Morgan fingerprint density at radius 2 is 2.29 bits per heavy atom. The van der Waals surface area contributed by atoms with E-state index in [-0.39, 0.29) is 6.04 Å². The monoisotopic (exact) mass is 238 g/mol. The summed E-state index contributed by atoms with van der Waals surface area (Å²) >= 11 is 0. The summed E-state index contributed by atoms with van der Waals surface area (Å²) in [7, 11) is 1.99. The Morgan fingerprint density at radius 1 is 1.59 bits per heavy atom. The lowest BCUT2D eigenvalue weighted by atomic mass is 10.1. The highest BCUT2D eigenvalue weighted by molar-refractivity contribution is 5.64. The van der Waals surface area contributed by atoms with E-state index in [1.165, 1.54) is 0 Å². The van der Waals surface area contributed by atoms with Crippen LogP contribution in [0.5, 0.6) is 0 Å². The molecule has 0 radical (unpaired) electrons. The highest BCUT2D eigenvalue weighted by Gasteiger charge is 2.21. The van der Waals surface area contributed by atoms with Crippen molar-refractivity contribution in [1.29, 1.82) is 0 Å². The summed E-state index contributed by atoms with van der Waals surface area (Å²) in [5.41, 5.74) is 0. The molecule has 0 saturated carbocycles. The SMILES string of the molecule is Cn1ccnc1CN1CCC(NC(=O)O)CC1. The molecule has 2 heterocycles. The van der Waals surface area contributed by atoms with Gasteiger partial charge in [-0.05, 0) is 12.8 Å². The zero-order chi connectivity index (χ0) is 12.3. The van der Waals surface area contributed by atoms with Crippen LogP contribution in [0.25, 0.3) is 0 Å². The number of nitrogens with zero attached hydrogens (tertiary/aromatic N) is 3. The van der Waals surface area contributed by atoms with Crippen LogP contribution >= 0.6 is 0 Å². The quantitative estimate of drug-likeness (QED) is 0.811. The zero-order valence-corrected chi connectivity index (χ0v) is 9.96. The highest BCUT2D eigenvalue weighted by atomic mass is 16.4. The smallest absolute Gasteiger partial charge is 0.404 e. The molecule has 0 bridgehead atoms. The van der Waals surface area contributed by atoms with Crippen molar-refractivity contribution in [2.75, 3.05) is 13.1 Å². The molecule has 1 saturated heterocycles. The van der Waals surface area contributed by atoms with Crippen LogP contribution in [0.2, 0.25) is 0 Å². The van der Waals surface area contributed by atoms with E-state index in [2.05, 4.69) is 15.2 Å². The predicted molar refractivity (Wildman–Crippen MR) is 62.7 cm³/mol. The first kappa shape index (κ1) is 11.9. The number of imidazole rings is 1. The van der Waals surface area contributed by atoms with Gasteiger partial charge in [0.25, 0.3) is 0 Å². The number of hydrogen-bond donors (Lipinski definition) is 2. The van der Waals surface area contributed by atoms with Crippen molar-refractivity contribution >= 4 is 6.09 Å². The lowest BCUT2D eigenvalue weighted by Gasteiger charge is -2.31. The van der Waals surface area contributed by atoms with Crippen LogP contribution in [0.15, 0.2) is 12.4 Å². The molecular formula is C11H18N4O2. The average molecular weight is 238 g/mol. The summed E-state index contributed by atoms with van der Waals surface area (Å²) in [4.78, 5) is 17.1. The van der Waals surface area contributed by atoms with E-state index >= 15 is 0 Å². The number of rotatable bonds is 3. The molecule has 0 aliphatic carbocycles. The van der Waals surface area contributed by atoms with Crippen molar-refractivity contribution in [1.82, 2.24) is 19.8 Å². The molecule has 17 heavy (non-hydrogen) atoms. The van der Waals surface area contributed by atoms with Crippen molar-refractivity contribution in [2.24, 2.45) is 7.05 Å². The molecule has 1 fully saturated rings. The Hall–Kier alpha value is -1.56. The third-order valence-electron chi connectivity index (χ3n) is 3.20. The fourth-order valence-corrected chi connectivity index (χ4v) is 2.16. The summed E-state index contributed by atoms with van der Waals surface area (Å²) in [6.07, 6.45) is 4.56. The number of hydrogen-bond acceptors (Lipinski definition) is 3. The summed E-state index contributed by atoms with van der Waals surface area (Å²) in [5.74, 6) is 1.05. The maximum atomic E-state index is 10.5. The molecule has 1 amide bonds. The van der Waals surface area contributed by atoms with Crippen LogP contribution in [-0.4, -0.2) is 44.8 Å². The zero-order valence-electron chi connectivity index (χ0n) is 9.96. The van der Waals surface area contributed by atoms with Gasteiger partial charge in [-0.25, -0.2) is 9.78 Å². The Bertz CT molecular complexity index is 383. The van der Waals surface area contributed by atoms with Gasteiger partial charge in [0.1, 0.15) is 5.82 Å². The molecule has 6 nitrogen and oxygen atoms in total. The van der Waals surface area contributed by atoms with E-state index in [9.17, 15) is 4.79 Å². The molecule has 1 aromatic heterocycles. The van der Waals surface area contributed by atoms with Crippen molar-refractivity contribution in [3.63, 3.8) is 0 Å². The molecule has 1 aliphatic heterocycles. The summed E-state index contributed by atoms with van der Waals surface area (Å²) < 4.78 is 2.02. The van der Waals surface area contributed by atoms with E-state index in [4.69, 9.17) is 5.11 Å². The lowest BCUT2D eigenvalue weighted by Crippen LogP contribution is -2.44. The normalized spacial score (nSPS) is 18.2. The second kappa shape index (κ2) is 5.18. The van der Waals surface area contributed by atoms with Crippen LogP contribution in [0.4, 0.5) is 4.79 Å². The lowest BCUT2D eigenvalue weighted by molar-refractivity contribution is 0.163. The van der Waals surface area contributed by atoms with E-state index in [1.807, 2.05) is 17.8 Å². The van der Waals surface area contributed by atoms with E-state index < -0.39 is 6.09 Å². The highest BCUT2D eigenvalue weighted by Crippen LogP contribution is 2.12. The number of likely N-dealkylation sites (tertiary alicyclic amines) is 1. The summed E-state index contributed by atoms with van der Waals surface area (Å²) in [6, 6.07) is 0.102. The molecule has 0 unspecified atom stereocenters. The number of aryl methyl sites for hydroxylation is 1. The largest absolute Gasteiger partial charge is 0.465 e. The minimum Gasteiger partial charge on any atom is -0.465 e. The van der Waals surface area contributed by atoms with Crippen molar-refractivity contribution in [3.05, 3.63) is 18.2 Å². The molecule has 0 atom stereocenters. The van der Waals surface area contributed by atoms with Crippen molar-refractivity contribution in [3.8, 4) is 0 Å². The third-order valence-corrected chi connectivity index (χ3v) is 3.20. The van der Waals surface area contributed by atoms with Gasteiger partial charge < -0.3 is 15.0 Å². The number of carbonyl (C=O) groups is 1. The summed E-state index contributed by atoms with van der Waals surface area (Å²) in [6.45, 7) is 2.67. The number of amides is 1. The second-order valence-electron chi connectivity index (χ2n) is 4.45. The van der Waals surface area contributed by atoms with Gasteiger partial charge in [0.2, 0.25) is 0 Å². The van der Waals surface area contributed by atoms with Gasteiger partial charge in [-0.2, -0.15) is 0 Å². The minimum absolute atomic E-state index is 0.102. The number of aromatic nitrogens is 2. The molecule has 2 N–H and O–H groups in total. The predicted octanol–water partition coefficient (Wildman–Crippen LogP) is 0.652. The molecule has 6 heteroatoms. The number of piperidine rings is 1. The van der Waals surface area contributed by atoms with Gasteiger partial charge >= 0.3 is 6.09 Å². The summed E-state index contributed by atoms with van der Waals surface area (Å²) in [5, 5.41) is 11.2. The molecule has 1 aromatic rings. The van der Waals surface area contributed by atoms with Gasteiger partial charge in [-0.1, -0.05) is 0 Å². The van der Waals surface area contributed by atoms with E-state index in [0.29, 0.717) is 0 Å². The minimum atomic E-state index is -0.924. The Labute approximate surface area is 100 Å². The van der Waals surface area contributed by atoms with Crippen LogP contribution in [0, 0.1) is 0 Å². The third kappa shape index (κ3) is 3.20. The Balaban J connectivity index is 1.79. The standard InChI is InChI=1S/C11H18N4O2/c1-14-7-4-12-10(14)8-15-5-2-9(3-6-15)13-11(16)17/h4,7,9,13H,2-3,5-6,8H2,1H3,(H,16,17). The van der Waals surface area contributed by atoms with Crippen molar-refractivity contribution in [2.45, 2.75) is 25.4 Å². The molecule has 94 valence electrons. The van der Waals surface area contributed by atoms with Crippen LogP contribution in [0.1, 0.15) is 18.7 Å². The second-order valence-corrected chi connectivity index (χ2v) is 4.45. The van der Waals surface area contributed by atoms with Crippen LogP contribution < -0.4 is 5.32 Å². The van der Waals surface area contributed by atoms with E-state index in [0.717, 1.165) is 38.3 Å². The molecule has 0 aromatic carbocycles. The topological polar surface area (TPSA) is 70.4 Å². The molecule has 0 spiro atoms. The fraction of sp³-hybridized carbons (Fsp3) is 0.636. The molecule has 1 aliphatic rings. The maximum Gasteiger partial charge on any atom is 0.404 e. The first-order valence-corrected chi connectivity index (χ1v) is 5.83. The fourth-order valence-electron chi connectivity index (χ4n) is 2.16.